The number of hydrogen-bond donors (Lipinski definition) is 2. The number of carbonyl (C=O) groups excluding carboxylic acids is 1. The monoisotopic (exact) mass is 404 g/mol. The first-order chi connectivity index (χ1) is 14.1. The summed E-state index contributed by atoms with van der Waals surface area (Å²) in [6.07, 6.45) is 16.3. The molecular weight excluding hydrogens is 360 g/mol. The normalized spacial score (nSPS) is 12.1. The average Bonchev–Trinajstić information content (AvgIpc) is 2.72. The van der Waals surface area contributed by atoms with Crippen LogP contribution in [0.1, 0.15) is 101 Å². The number of nitrogens with two attached hydrogens (primary N) is 1. The van der Waals surface area contributed by atoms with Gasteiger partial charge in [-0.2, -0.15) is 0 Å². The molecule has 166 valence electrons. The van der Waals surface area contributed by atoms with Crippen LogP contribution in [-0.4, -0.2) is 25.7 Å². The predicted molar refractivity (Wildman–Crippen MR) is 124 cm³/mol. The van der Waals surface area contributed by atoms with Crippen LogP contribution in [0, 0.1) is 5.92 Å². The third-order valence-corrected chi connectivity index (χ3v) is 5.51. The molecule has 0 saturated carbocycles. The number of hydrogen-bond acceptors (Lipinski definition) is 4. The van der Waals surface area contributed by atoms with Crippen molar-refractivity contribution < 1.29 is 9.53 Å². The fraction of sp³-hybridized carbons (Fsp3) is 0.720. The highest BCUT2D eigenvalue weighted by molar-refractivity contribution is 5.89. The Balaban J connectivity index is 1.83. The number of carbonyl (C=O) groups is 1. The topological polar surface area (TPSA) is 64.3 Å². The molecule has 1 aromatic rings. The minimum atomic E-state index is -0.290. The lowest BCUT2D eigenvalue weighted by Gasteiger charge is -2.11. The van der Waals surface area contributed by atoms with Crippen molar-refractivity contribution in [3.63, 3.8) is 0 Å². The zero-order chi connectivity index (χ0) is 21.2. The Bertz CT molecular complexity index is 516. The van der Waals surface area contributed by atoms with Gasteiger partial charge in [-0.15, -0.1) is 0 Å². The number of ether oxygens (including phenoxy) is 1. The molecule has 0 radical (unpaired) electrons. The number of benzene rings is 1. The van der Waals surface area contributed by atoms with Crippen molar-refractivity contribution in [3.8, 4) is 0 Å². The van der Waals surface area contributed by atoms with Crippen molar-refractivity contribution in [3.05, 3.63) is 29.8 Å². The summed E-state index contributed by atoms with van der Waals surface area (Å²) in [5.41, 5.74) is 6.81. The molecule has 0 aliphatic heterocycles. The maximum absolute atomic E-state index is 11.8. The minimum absolute atomic E-state index is 0.290. The van der Waals surface area contributed by atoms with E-state index in [1.54, 1.807) is 24.3 Å². The van der Waals surface area contributed by atoms with E-state index in [-0.39, 0.29) is 5.97 Å². The third kappa shape index (κ3) is 14.1. The smallest absolute Gasteiger partial charge is 0.338 e. The van der Waals surface area contributed by atoms with Crippen molar-refractivity contribution in [1.29, 1.82) is 0 Å². The summed E-state index contributed by atoms with van der Waals surface area (Å²) in [6, 6.07) is 6.81. The van der Waals surface area contributed by atoms with Crippen molar-refractivity contribution >= 4 is 11.7 Å². The van der Waals surface area contributed by atoms with Crippen LogP contribution >= 0.6 is 0 Å². The molecule has 1 aromatic carbocycles. The SMILES string of the molecule is CCCCCC[C@@H](C)CCCCCCCCNCCOC(=O)c1ccc(N)cc1. The summed E-state index contributed by atoms with van der Waals surface area (Å²) < 4.78 is 5.25. The first kappa shape index (κ1) is 25.5. The van der Waals surface area contributed by atoms with E-state index in [2.05, 4.69) is 19.2 Å². The molecule has 29 heavy (non-hydrogen) atoms. The summed E-state index contributed by atoms with van der Waals surface area (Å²) in [5.74, 6) is 0.618. The predicted octanol–water partition coefficient (Wildman–Crippen LogP) is 6.35. The summed E-state index contributed by atoms with van der Waals surface area (Å²) in [5, 5.41) is 3.35. The second kappa shape index (κ2) is 17.3. The van der Waals surface area contributed by atoms with E-state index in [4.69, 9.17) is 10.5 Å². The molecule has 3 N–H and O–H groups in total. The first-order valence-corrected chi connectivity index (χ1v) is 11.9. The highest BCUT2D eigenvalue weighted by Gasteiger charge is 2.06. The summed E-state index contributed by atoms with van der Waals surface area (Å²) in [4.78, 5) is 11.8. The van der Waals surface area contributed by atoms with E-state index in [9.17, 15) is 4.79 Å². The highest BCUT2D eigenvalue weighted by atomic mass is 16.5. The van der Waals surface area contributed by atoms with Crippen LogP contribution < -0.4 is 11.1 Å². The molecule has 0 aliphatic rings. The second-order valence-corrected chi connectivity index (χ2v) is 8.37. The zero-order valence-electron chi connectivity index (χ0n) is 18.9. The number of anilines is 1. The maximum Gasteiger partial charge on any atom is 0.338 e. The van der Waals surface area contributed by atoms with Crippen molar-refractivity contribution in [2.24, 2.45) is 5.92 Å². The van der Waals surface area contributed by atoms with Gasteiger partial charge in [0.1, 0.15) is 6.61 Å². The molecule has 0 amide bonds. The molecule has 0 aliphatic carbocycles. The fourth-order valence-corrected chi connectivity index (χ4v) is 3.56. The van der Waals surface area contributed by atoms with E-state index in [0.717, 1.165) is 12.5 Å². The molecule has 1 atom stereocenters. The van der Waals surface area contributed by atoms with Gasteiger partial charge >= 0.3 is 5.97 Å². The average molecular weight is 405 g/mol. The van der Waals surface area contributed by atoms with Crippen LogP contribution in [0.4, 0.5) is 5.69 Å². The Morgan fingerprint density at radius 2 is 1.48 bits per heavy atom. The lowest BCUT2D eigenvalue weighted by Crippen LogP contribution is -2.22. The Labute approximate surface area is 179 Å². The number of unbranched alkanes of at least 4 members (excludes halogenated alkanes) is 8. The van der Waals surface area contributed by atoms with E-state index in [0.29, 0.717) is 24.4 Å². The molecule has 0 bridgehead atoms. The lowest BCUT2D eigenvalue weighted by atomic mass is 9.96. The molecule has 0 aromatic heterocycles. The first-order valence-electron chi connectivity index (χ1n) is 11.9. The standard InChI is InChI=1S/C25H44N2O2/c1-3-4-5-10-13-22(2)14-11-8-6-7-9-12-19-27-20-21-29-25(28)23-15-17-24(26)18-16-23/h15-18,22,27H,3-14,19-21,26H2,1-2H3/t22-/m1/s1. The Hall–Kier alpha value is -1.55. The molecule has 0 spiro atoms. The molecule has 4 heteroatoms. The molecule has 0 fully saturated rings. The molecular formula is C25H44N2O2. The maximum atomic E-state index is 11.8. The van der Waals surface area contributed by atoms with Crippen LogP contribution in [0.25, 0.3) is 0 Å². The summed E-state index contributed by atoms with van der Waals surface area (Å²) in [6.45, 7) is 6.80. The van der Waals surface area contributed by atoms with Crippen LogP contribution in [-0.2, 0) is 4.74 Å². The molecule has 0 saturated heterocycles. The van der Waals surface area contributed by atoms with Crippen LogP contribution in [0.2, 0.25) is 0 Å². The van der Waals surface area contributed by atoms with E-state index < -0.39 is 0 Å². The number of esters is 1. The Kier molecular flexibility index (Phi) is 15.2. The zero-order valence-corrected chi connectivity index (χ0v) is 18.9. The van der Waals surface area contributed by atoms with Gasteiger partial charge in [-0.1, -0.05) is 84.5 Å². The van der Waals surface area contributed by atoms with Gasteiger partial charge in [-0.05, 0) is 43.1 Å². The quantitative estimate of drug-likeness (QED) is 0.170. The number of nitrogen functional groups attached to an aromatic ring is 1. The van der Waals surface area contributed by atoms with Gasteiger partial charge in [0, 0.05) is 12.2 Å². The van der Waals surface area contributed by atoms with Gasteiger partial charge in [0.15, 0.2) is 0 Å². The molecule has 0 unspecified atom stereocenters. The van der Waals surface area contributed by atoms with Gasteiger partial charge in [0.25, 0.3) is 0 Å². The van der Waals surface area contributed by atoms with Gasteiger partial charge in [-0.3, -0.25) is 0 Å². The van der Waals surface area contributed by atoms with Crippen LogP contribution in [0.5, 0.6) is 0 Å². The van der Waals surface area contributed by atoms with Crippen molar-refractivity contribution in [2.45, 2.75) is 90.9 Å². The lowest BCUT2D eigenvalue weighted by molar-refractivity contribution is 0.0508. The minimum Gasteiger partial charge on any atom is -0.461 e. The van der Waals surface area contributed by atoms with Crippen LogP contribution in [0.15, 0.2) is 24.3 Å². The van der Waals surface area contributed by atoms with Crippen LogP contribution in [0.3, 0.4) is 0 Å². The largest absolute Gasteiger partial charge is 0.461 e. The summed E-state index contributed by atoms with van der Waals surface area (Å²) in [7, 11) is 0. The Morgan fingerprint density at radius 3 is 2.14 bits per heavy atom. The molecule has 4 nitrogen and oxygen atoms in total. The van der Waals surface area contributed by atoms with E-state index >= 15 is 0 Å². The Morgan fingerprint density at radius 1 is 0.897 bits per heavy atom. The van der Waals surface area contributed by atoms with Gasteiger partial charge < -0.3 is 15.8 Å². The van der Waals surface area contributed by atoms with Gasteiger partial charge in [-0.25, -0.2) is 4.79 Å². The third-order valence-electron chi connectivity index (χ3n) is 5.51. The number of rotatable bonds is 18. The molecule has 0 heterocycles. The van der Waals surface area contributed by atoms with Gasteiger partial charge in [0.2, 0.25) is 0 Å². The van der Waals surface area contributed by atoms with E-state index in [1.165, 1.54) is 77.0 Å². The van der Waals surface area contributed by atoms with Gasteiger partial charge in [0.05, 0.1) is 5.56 Å². The highest BCUT2D eigenvalue weighted by Crippen LogP contribution is 2.17. The van der Waals surface area contributed by atoms with E-state index in [1.807, 2.05) is 0 Å². The second-order valence-electron chi connectivity index (χ2n) is 8.37. The number of nitrogens with one attached hydrogen (secondary N) is 1. The van der Waals surface area contributed by atoms with Crippen molar-refractivity contribution in [2.75, 3.05) is 25.4 Å². The molecule has 1 rings (SSSR count). The fourth-order valence-electron chi connectivity index (χ4n) is 3.56. The summed E-state index contributed by atoms with van der Waals surface area (Å²) >= 11 is 0. The van der Waals surface area contributed by atoms with Crippen molar-refractivity contribution in [1.82, 2.24) is 5.32 Å².